The second kappa shape index (κ2) is 8.68. The molecule has 1 heterocycles. The van der Waals surface area contributed by atoms with Crippen molar-refractivity contribution in [2.75, 3.05) is 25.1 Å². The van der Waals surface area contributed by atoms with Crippen LogP contribution in [-0.4, -0.2) is 31.7 Å². The first-order chi connectivity index (χ1) is 13.8. The number of ether oxygens (including phenoxy) is 3. The Morgan fingerprint density at radius 1 is 1.07 bits per heavy atom. The molecule has 0 saturated heterocycles. The third kappa shape index (κ3) is 5.74. The van der Waals surface area contributed by atoms with Crippen molar-refractivity contribution < 1.29 is 37.0 Å². The summed E-state index contributed by atoms with van der Waals surface area (Å²) in [6.07, 6.45) is -2.35. The van der Waals surface area contributed by atoms with E-state index in [4.69, 9.17) is 14.2 Å². The van der Waals surface area contributed by atoms with E-state index in [-0.39, 0.29) is 5.56 Å². The monoisotopic (exact) mass is 407 g/mol. The van der Waals surface area contributed by atoms with Crippen molar-refractivity contribution in [1.82, 2.24) is 0 Å². The summed E-state index contributed by atoms with van der Waals surface area (Å²) in [5, 5.41) is 2.54. The molecule has 0 atom stereocenters. The summed E-state index contributed by atoms with van der Waals surface area (Å²) in [7, 11) is 0. The molecular weight excluding hydrogens is 391 g/mol. The summed E-state index contributed by atoms with van der Waals surface area (Å²) < 4.78 is 53.6. The number of halogens is 3. The second-order valence-corrected chi connectivity index (χ2v) is 5.97. The number of amides is 1. The standard InChI is InChI=1S/C20H16F3NO5/c21-20(22,23)14-3-1-2-13(10-14)4-7-19(26)29-12-18(25)24-15-5-6-16-17(11-15)28-9-8-27-16/h1-7,10-11H,8-9,12H2,(H,24,25). The number of hydrogen-bond acceptors (Lipinski definition) is 5. The van der Waals surface area contributed by atoms with Crippen molar-refractivity contribution in [3.8, 4) is 11.5 Å². The Kier molecular flexibility index (Phi) is 6.06. The predicted octanol–water partition coefficient (Wildman–Crippen LogP) is 3.67. The van der Waals surface area contributed by atoms with E-state index in [1.54, 1.807) is 18.2 Å². The van der Waals surface area contributed by atoms with E-state index in [2.05, 4.69) is 5.32 Å². The SMILES string of the molecule is O=C(COC(=O)C=Cc1cccc(C(F)(F)F)c1)Nc1ccc2c(c1)OCCO2. The fourth-order valence-corrected chi connectivity index (χ4v) is 2.49. The molecular formula is C20H16F3NO5. The Morgan fingerprint density at radius 2 is 1.83 bits per heavy atom. The molecule has 0 saturated carbocycles. The van der Waals surface area contributed by atoms with Gasteiger partial charge >= 0.3 is 12.1 Å². The molecule has 0 unspecified atom stereocenters. The minimum Gasteiger partial charge on any atom is -0.486 e. The zero-order valence-electron chi connectivity index (χ0n) is 15.0. The predicted molar refractivity (Wildman–Crippen MR) is 97.5 cm³/mol. The Morgan fingerprint density at radius 3 is 2.59 bits per heavy atom. The summed E-state index contributed by atoms with van der Waals surface area (Å²) >= 11 is 0. The van der Waals surface area contributed by atoms with Gasteiger partial charge in [0.2, 0.25) is 0 Å². The quantitative estimate of drug-likeness (QED) is 0.605. The van der Waals surface area contributed by atoms with Crippen LogP contribution in [0.5, 0.6) is 11.5 Å². The van der Waals surface area contributed by atoms with Crippen molar-refractivity contribution >= 4 is 23.6 Å². The maximum absolute atomic E-state index is 12.7. The molecule has 0 radical (unpaired) electrons. The number of fused-ring (bicyclic) bond motifs is 1. The van der Waals surface area contributed by atoms with Crippen molar-refractivity contribution in [2.24, 2.45) is 0 Å². The van der Waals surface area contributed by atoms with Gasteiger partial charge in [0.25, 0.3) is 5.91 Å². The van der Waals surface area contributed by atoms with Crippen LogP contribution in [-0.2, 0) is 20.5 Å². The lowest BCUT2D eigenvalue weighted by atomic mass is 10.1. The van der Waals surface area contributed by atoms with E-state index >= 15 is 0 Å². The lowest BCUT2D eigenvalue weighted by molar-refractivity contribution is -0.142. The molecule has 6 nitrogen and oxygen atoms in total. The van der Waals surface area contributed by atoms with Gasteiger partial charge in [0, 0.05) is 17.8 Å². The normalized spacial score (nSPS) is 13.2. The van der Waals surface area contributed by atoms with Crippen molar-refractivity contribution in [3.63, 3.8) is 0 Å². The van der Waals surface area contributed by atoms with Gasteiger partial charge in [-0.25, -0.2) is 4.79 Å². The van der Waals surface area contributed by atoms with Gasteiger partial charge in [0.05, 0.1) is 5.56 Å². The van der Waals surface area contributed by atoms with Gasteiger partial charge in [-0.3, -0.25) is 4.79 Å². The van der Waals surface area contributed by atoms with Crippen molar-refractivity contribution in [2.45, 2.75) is 6.18 Å². The third-order valence-corrected chi connectivity index (χ3v) is 3.80. The van der Waals surface area contributed by atoms with Crippen LogP contribution in [0.1, 0.15) is 11.1 Å². The van der Waals surface area contributed by atoms with Gasteiger partial charge < -0.3 is 19.5 Å². The van der Waals surface area contributed by atoms with Gasteiger partial charge in [-0.2, -0.15) is 13.2 Å². The highest BCUT2D eigenvalue weighted by Crippen LogP contribution is 2.32. The largest absolute Gasteiger partial charge is 0.486 e. The lowest BCUT2D eigenvalue weighted by Crippen LogP contribution is -2.20. The van der Waals surface area contributed by atoms with Crippen LogP contribution in [0.4, 0.5) is 18.9 Å². The van der Waals surface area contributed by atoms with E-state index in [1.807, 2.05) is 0 Å². The van der Waals surface area contributed by atoms with E-state index in [1.165, 1.54) is 18.2 Å². The topological polar surface area (TPSA) is 73.9 Å². The van der Waals surface area contributed by atoms with Crippen LogP contribution < -0.4 is 14.8 Å². The highest BCUT2D eigenvalue weighted by Gasteiger charge is 2.30. The number of benzene rings is 2. The van der Waals surface area contributed by atoms with E-state index < -0.39 is 30.2 Å². The molecule has 1 aliphatic heterocycles. The zero-order chi connectivity index (χ0) is 20.9. The fraction of sp³-hybridized carbons (Fsp3) is 0.200. The van der Waals surface area contributed by atoms with Gasteiger partial charge in [-0.05, 0) is 35.9 Å². The average Bonchev–Trinajstić information content (AvgIpc) is 2.70. The number of esters is 1. The van der Waals surface area contributed by atoms with Crippen molar-refractivity contribution in [1.29, 1.82) is 0 Å². The van der Waals surface area contributed by atoms with Gasteiger partial charge in [0.1, 0.15) is 13.2 Å². The Bertz CT molecular complexity index is 940. The number of carbonyl (C=O) groups excluding carboxylic acids is 2. The number of anilines is 1. The molecule has 0 aromatic heterocycles. The van der Waals surface area contributed by atoms with Gasteiger partial charge in [-0.1, -0.05) is 12.1 Å². The third-order valence-electron chi connectivity index (χ3n) is 3.80. The minimum atomic E-state index is -4.48. The number of alkyl halides is 3. The summed E-state index contributed by atoms with van der Waals surface area (Å²) in [4.78, 5) is 23.6. The molecule has 2 aromatic carbocycles. The lowest BCUT2D eigenvalue weighted by Gasteiger charge is -2.18. The molecule has 0 fully saturated rings. The molecule has 0 bridgehead atoms. The molecule has 3 rings (SSSR count). The Labute approximate surface area is 163 Å². The first-order valence-electron chi connectivity index (χ1n) is 8.53. The summed E-state index contributed by atoms with van der Waals surface area (Å²) in [5.74, 6) is -0.377. The number of nitrogens with one attached hydrogen (secondary N) is 1. The molecule has 152 valence electrons. The maximum atomic E-state index is 12.7. The minimum absolute atomic E-state index is 0.178. The molecule has 1 aliphatic rings. The number of rotatable bonds is 5. The molecule has 1 amide bonds. The van der Waals surface area contributed by atoms with E-state index in [0.717, 1.165) is 18.2 Å². The van der Waals surface area contributed by atoms with Crippen LogP contribution in [0.25, 0.3) is 6.08 Å². The summed E-state index contributed by atoms with van der Waals surface area (Å²) in [5.41, 5.74) is -0.209. The highest BCUT2D eigenvalue weighted by atomic mass is 19.4. The first-order valence-corrected chi connectivity index (χ1v) is 8.53. The average molecular weight is 407 g/mol. The molecule has 9 heteroatoms. The molecule has 29 heavy (non-hydrogen) atoms. The van der Waals surface area contributed by atoms with E-state index in [9.17, 15) is 22.8 Å². The smallest absolute Gasteiger partial charge is 0.416 e. The number of hydrogen-bond donors (Lipinski definition) is 1. The molecule has 0 spiro atoms. The maximum Gasteiger partial charge on any atom is 0.416 e. The van der Waals surface area contributed by atoms with Gasteiger partial charge in [0.15, 0.2) is 18.1 Å². The van der Waals surface area contributed by atoms with Crippen LogP contribution in [0.3, 0.4) is 0 Å². The molecule has 2 aromatic rings. The summed E-state index contributed by atoms with van der Waals surface area (Å²) in [6.45, 7) is 0.295. The van der Waals surface area contributed by atoms with Crippen LogP contribution in [0, 0.1) is 0 Å². The van der Waals surface area contributed by atoms with Gasteiger partial charge in [-0.15, -0.1) is 0 Å². The van der Waals surface area contributed by atoms with E-state index in [0.29, 0.717) is 30.4 Å². The summed E-state index contributed by atoms with van der Waals surface area (Å²) in [6, 6.07) is 9.31. The zero-order valence-corrected chi connectivity index (χ0v) is 15.0. The second-order valence-electron chi connectivity index (χ2n) is 5.97. The first kappa shape index (κ1) is 20.2. The highest BCUT2D eigenvalue weighted by molar-refractivity contribution is 5.94. The Balaban J connectivity index is 1.50. The number of carbonyl (C=O) groups is 2. The molecule has 0 aliphatic carbocycles. The van der Waals surface area contributed by atoms with Crippen LogP contribution in [0.2, 0.25) is 0 Å². The van der Waals surface area contributed by atoms with Crippen LogP contribution >= 0.6 is 0 Å². The van der Waals surface area contributed by atoms with Crippen molar-refractivity contribution in [3.05, 3.63) is 59.7 Å². The fourth-order valence-electron chi connectivity index (χ4n) is 2.49. The Hall–Kier alpha value is -3.49. The molecule has 1 N–H and O–H groups in total. The van der Waals surface area contributed by atoms with Crippen LogP contribution in [0.15, 0.2) is 48.5 Å².